The Morgan fingerprint density at radius 3 is 2.24 bits per heavy atom. The summed E-state index contributed by atoms with van der Waals surface area (Å²) in [6.07, 6.45) is 0. The van der Waals surface area contributed by atoms with Gasteiger partial charge in [-0.2, -0.15) is 5.10 Å². The smallest absolute Gasteiger partial charge is 0.215 e. The van der Waals surface area contributed by atoms with Crippen LogP contribution < -0.4 is 5.43 Å². The van der Waals surface area contributed by atoms with Crippen molar-refractivity contribution in [2.24, 2.45) is 5.10 Å². The van der Waals surface area contributed by atoms with Crippen LogP contribution in [0.2, 0.25) is 0 Å². The number of carbonyl (C=O) groups is 1. The van der Waals surface area contributed by atoms with Crippen molar-refractivity contribution >= 4 is 22.9 Å². The minimum absolute atomic E-state index is 0.113. The first-order valence-corrected chi connectivity index (χ1v) is 6.63. The monoisotopic (exact) mass is 279 g/mol. The highest BCUT2D eigenvalue weighted by molar-refractivity contribution is 6.69. The quantitative estimate of drug-likeness (QED) is 0.498. The molecular formula is C17H17N3O. The van der Waals surface area contributed by atoms with Gasteiger partial charge in [-0.3, -0.25) is 10.2 Å². The molecule has 0 saturated carbocycles. The number of Topliss-reactive ketones (excluding diaryl/α,β-unsaturated/α-hetero) is 1. The Morgan fingerprint density at radius 1 is 1.05 bits per heavy atom. The minimum atomic E-state index is -0.261. The van der Waals surface area contributed by atoms with Crippen LogP contribution in [-0.2, 0) is 0 Å². The summed E-state index contributed by atoms with van der Waals surface area (Å²) in [6.45, 7) is 3.55. The van der Waals surface area contributed by atoms with Crippen molar-refractivity contribution < 1.29 is 4.79 Å². The van der Waals surface area contributed by atoms with E-state index in [9.17, 15) is 4.79 Å². The SMILES string of the molecule is CC(=N)/C(=N/Nc1ccc(C)cc1)C(=O)c1ccccc1. The van der Waals surface area contributed by atoms with Crippen LogP contribution in [0.5, 0.6) is 0 Å². The van der Waals surface area contributed by atoms with E-state index in [1.165, 1.54) is 0 Å². The predicted molar refractivity (Wildman–Crippen MR) is 86.4 cm³/mol. The molecule has 0 fully saturated rings. The maximum Gasteiger partial charge on any atom is 0.215 e. The van der Waals surface area contributed by atoms with Gasteiger partial charge in [0, 0.05) is 5.56 Å². The lowest BCUT2D eigenvalue weighted by molar-refractivity contribution is 0.106. The Balaban J connectivity index is 2.23. The first kappa shape index (κ1) is 14.7. The summed E-state index contributed by atoms with van der Waals surface area (Å²) < 4.78 is 0. The van der Waals surface area contributed by atoms with E-state index in [0.29, 0.717) is 5.56 Å². The predicted octanol–water partition coefficient (Wildman–Crippen LogP) is 3.69. The van der Waals surface area contributed by atoms with Crippen molar-refractivity contribution in [1.29, 1.82) is 5.41 Å². The topological polar surface area (TPSA) is 65.3 Å². The number of nitrogens with one attached hydrogen (secondary N) is 2. The fraction of sp³-hybridized carbons (Fsp3) is 0.118. The molecule has 2 rings (SSSR count). The number of hydrogen-bond acceptors (Lipinski definition) is 4. The van der Waals surface area contributed by atoms with Gasteiger partial charge in [-0.05, 0) is 26.0 Å². The fourth-order valence-electron chi connectivity index (χ4n) is 1.78. The molecule has 2 aromatic rings. The van der Waals surface area contributed by atoms with Crippen molar-refractivity contribution in [2.75, 3.05) is 5.43 Å². The Kier molecular flexibility index (Phi) is 4.61. The number of aryl methyl sites for hydroxylation is 1. The van der Waals surface area contributed by atoms with Crippen molar-refractivity contribution in [2.45, 2.75) is 13.8 Å². The maximum atomic E-state index is 12.4. The van der Waals surface area contributed by atoms with Gasteiger partial charge in [-0.25, -0.2) is 0 Å². The van der Waals surface area contributed by atoms with E-state index in [1.54, 1.807) is 31.2 Å². The van der Waals surface area contributed by atoms with Gasteiger partial charge < -0.3 is 5.41 Å². The molecule has 0 radical (unpaired) electrons. The molecule has 0 atom stereocenters. The molecule has 0 aliphatic carbocycles. The van der Waals surface area contributed by atoms with Crippen LogP contribution in [0.25, 0.3) is 0 Å². The summed E-state index contributed by atoms with van der Waals surface area (Å²) in [7, 11) is 0. The van der Waals surface area contributed by atoms with Gasteiger partial charge in [0.15, 0.2) is 5.71 Å². The lowest BCUT2D eigenvalue weighted by atomic mass is 10.0. The summed E-state index contributed by atoms with van der Waals surface area (Å²) in [6, 6.07) is 16.5. The second-order valence-corrected chi connectivity index (χ2v) is 4.76. The molecular weight excluding hydrogens is 262 g/mol. The zero-order valence-corrected chi connectivity index (χ0v) is 12.1. The highest BCUT2D eigenvalue weighted by atomic mass is 16.1. The van der Waals surface area contributed by atoms with Gasteiger partial charge in [-0.1, -0.05) is 48.0 Å². The molecule has 0 amide bonds. The summed E-state index contributed by atoms with van der Waals surface area (Å²) in [5.41, 5.74) is 5.52. The third-order valence-corrected chi connectivity index (χ3v) is 2.95. The van der Waals surface area contributed by atoms with Crippen LogP contribution >= 0.6 is 0 Å². The number of anilines is 1. The summed E-state index contributed by atoms with van der Waals surface area (Å²) in [5, 5.41) is 11.8. The Bertz CT molecular complexity index is 673. The Morgan fingerprint density at radius 2 is 1.67 bits per heavy atom. The van der Waals surface area contributed by atoms with E-state index in [-0.39, 0.29) is 17.2 Å². The first-order chi connectivity index (χ1) is 10.1. The first-order valence-electron chi connectivity index (χ1n) is 6.63. The molecule has 0 spiro atoms. The zero-order valence-electron chi connectivity index (χ0n) is 12.1. The molecule has 0 heterocycles. The molecule has 2 aromatic carbocycles. The highest BCUT2D eigenvalue weighted by Gasteiger charge is 2.16. The van der Waals surface area contributed by atoms with Crippen molar-refractivity contribution in [3.63, 3.8) is 0 Å². The van der Waals surface area contributed by atoms with E-state index in [2.05, 4.69) is 10.5 Å². The van der Waals surface area contributed by atoms with Crippen molar-refractivity contribution in [1.82, 2.24) is 0 Å². The number of hydrogen-bond donors (Lipinski definition) is 2. The number of benzene rings is 2. The van der Waals surface area contributed by atoms with Crippen molar-refractivity contribution in [3.05, 3.63) is 65.7 Å². The molecule has 0 unspecified atom stereocenters. The molecule has 0 aromatic heterocycles. The van der Waals surface area contributed by atoms with Gasteiger partial charge >= 0.3 is 0 Å². The Labute approximate surface area is 124 Å². The second kappa shape index (κ2) is 6.61. The summed E-state index contributed by atoms with van der Waals surface area (Å²) in [4.78, 5) is 12.4. The largest absolute Gasteiger partial charge is 0.303 e. The highest BCUT2D eigenvalue weighted by Crippen LogP contribution is 2.09. The van der Waals surface area contributed by atoms with Gasteiger partial charge in [0.05, 0.1) is 11.4 Å². The number of carbonyl (C=O) groups excluding carboxylic acids is 1. The van der Waals surface area contributed by atoms with Crippen LogP contribution in [0.3, 0.4) is 0 Å². The standard InChI is InChI=1S/C17H17N3O/c1-12-8-10-15(11-9-12)19-20-16(13(2)18)17(21)14-6-4-3-5-7-14/h3-11,18-19H,1-2H3/b18-13?,20-16-. The molecule has 4 nitrogen and oxygen atoms in total. The summed E-state index contributed by atoms with van der Waals surface area (Å²) in [5.74, 6) is -0.261. The number of rotatable bonds is 5. The lowest BCUT2D eigenvalue weighted by Crippen LogP contribution is -2.23. The average Bonchev–Trinajstić information content (AvgIpc) is 2.49. The van der Waals surface area contributed by atoms with Gasteiger partial charge in [0.1, 0.15) is 0 Å². The third kappa shape index (κ3) is 3.86. The average molecular weight is 279 g/mol. The van der Waals surface area contributed by atoms with Crippen LogP contribution in [-0.4, -0.2) is 17.2 Å². The van der Waals surface area contributed by atoms with E-state index >= 15 is 0 Å². The van der Waals surface area contributed by atoms with Crippen molar-refractivity contribution in [3.8, 4) is 0 Å². The molecule has 21 heavy (non-hydrogen) atoms. The lowest BCUT2D eigenvalue weighted by Gasteiger charge is -2.06. The van der Waals surface area contributed by atoms with E-state index < -0.39 is 0 Å². The molecule has 4 heteroatoms. The molecule has 0 aliphatic heterocycles. The normalized spacial score (nSPS) is 11.0. The molecule has 0 saturated heterocycles. The molecule has 0 bridgehead atoms. The molecule has 2 N–H and O–H groups in total. The number of ketones is 1. The fourth-order valence-corrected chi connectivity index (χ4v) is 1.78. The van der Waals surface area contributed by atoms with Crippen LogP contribution in [0.15, 0.2) is 59.7 Å². The van der Waals surface area contributed by atoms with E-state index in [4.69, 9.17) is 5.41 Å². The Hall–Kier alpha value is -2.75. The van der Waals surface area contributed by atoms with E-state index in [0.717, 1.165) is 11.3 Å². The van der Waals surface area contributed by atoms with Gasteiger partial charge in [0.25, 0.3) is 0 Å². The second-order valence-electron chi connectivity index (χ2n) is 4.76. The number of hydrazone groups is 1. The van der Waals surface area contributed by atoms with Crippen LogP contribution in [0, 0.1) is 12.3 Å². The molecule has 106 valence electrons. The maximum absolute atomic E-state index is 12.4. The zero-order chi connectivity index (χ0) is 15.2. The minimum Gasteiger partial charge on any atom is -0.303 e. The van der Waals surface area contributed by atoms with Gasteiger partial charge in [0.2, 0.25) is 5.78 Å². The summed E-state index contributed by atoms with van der Waals surface area (Å²) >= 11 is 0. The molecule has 0 aliphatic rings. The van der Waals surface area contributed by atoms with Crippen LogP contribution in [0.1, 0.15) is 22.8 Å². The van der Waals surface area contributed by atoms with Crippen LogP contribution in [0.4, 0.5) is 5.69 Å². The van der Waals surface area contributed by atoms with Gasteiger partial charge in [-0.15, -0.1) is 0 Å². The number of nitrogens with zero attached hydrogens (tertiary/aromatic N) is 1. The third-order valence-electron chi connectivity index (χ3n) is 2.95. The van der Waals surface area contributed by atoms with E-state index in [1.807, 2.05) is 37.3 Å².